The van der Waals surface area contributed by atoms with Crippen LogP contribution in [0.25, 0.3) is 11.0 Å². The molecule has 0 radical (unpaired) electrons. The second-order valence-electron chi connectivity index (χ2n) is 5.85. The zero-order valence-corrected chi connectivity index (χ0v) is 17.6. The van der Waals surface area contributed by atoms with E-state index >= 15 is 0 Å². The van der Waals surface area contributed by atoms with Crippen LogP contribution in [0, 0.1) is 0 Å². The van der Waals surface area contributed by atoms with Gasteiger partial charge in [-0.15, -0.1) is 0 Å². The van der Waals surface area contributed by atoms with Gasteiger partial charge in [-0.1, -0.05) is 60.3 Å². The molecule has 0 atom stereocenters. The second-order valence-corrected chi connectivity index (χ2v) is 9.12. The van der Waals surface area contributed by atoms with Crippen LogP contribution in [0.3, 0.4) is 0 Å². The molecule has 0 amide bonds. The maximum absolute atomic E-state index is 13.1. The monoisotopic (exact) mass is 452 g/mol. The molecule has 0 saturated heterocycles. The molecular weight excluding hydrogens is 442 g/mol. The average Bonchev–Trinajstić information content (AvgIpc) is 3.03. The van der Waals surface area contributed by atoms with Crippen molar-refractivity contribution in [1.29, 1.82) is 0 Å². The Hall–Kier alpha value is -1.12. The molecule has 0 saturated carbocycles. The van der Waals surface area contributed by atoms with Gasteiger partial charge < -0.3 is 4.57 Å². The maximum Gasteiger partial charge on any atom is 0.259 e. The SMILES string of the molecule is CC(C)c1nc2c(Cl)c(Cl)c(Cl)c(Cl)c2nc1S(=O)(=O)c1nccn1C. The van der Waals surface area contributed by atoms with Crippen LogP contribution in [-0.4, -0.2) is 27.9 Å². The molecule has 0 spiro atoms. The van der Waals surface area contributed by atoms with Gasteiger partial charge in [0, 0.05) is 19.4 Å². The number of aromatic nitrogens is 4. The average molecular weight is 454 g/mol. The topological polar surface area (TPSA) is 77.7 Å². The van der Waals surface area contributed by atoms with Crippen LogP contribution >= 0.6 is 46.4 Å². The Morgan fingerprint density at radius 2 is 1.50 bits per heavy atom. The number of hydrogen-bond acceptors (Lipinski definition) is 5. The fourth-order valence-electron chi connectivity index (χ4n) is 2.41. The van der Waals surface area contributed by atoms with E-state index < -0.39 is 9.84 Å². The molecule has 0 bridgehead atoms. The lowest BCUT2D eigenvalue weighted by Crippen LogP contribution is -2.15. The van der Waals surface area contributed by atoms with Crippen molar-refractivity contribution in [2.75, 3.05) is 0 Å². The number of hydrogen-bond donors (Lipinski definition) is 0. The lowest BCUT2D eigenvalue weighted by molar-refractivity contribution is 0.571. The van der Waals surface area contributed by atoms with Crippen molar-refractivity contribution in [3.8, 4) is 0 Å². The van der Waals surface area contributed by atoms with Crippen molar-refractivity contribution in [3.05, 3.63) is 38.2 Å². The largest absolute Gasteiger partial charge is 0.325 e. The summed E-state index contributed by atoms with van der Waals surface area (Å²) in [5, 5.41) is -0.338. The van der Waals surface area contributed by atoms with Crippen molar-refractivity contribution in [2.24, 2.45) is 7.05 Å². The Bertz CT molecular complexity index is 1140. The summed E-state index contributed by atoms with van der Waals surface area (Å²) in [5.41, 5.74) is 0.480. The highest BCUT2D eigenvalue weighted by atomic mass is 35.5. The van der Waals surface area contributed by atoms with Crippen LogP contribution < -0.4 is 0 Å². The first-order valence-corrected chi connectivity index (χ1v) is 10.3. The fraction of sp³-hybridized carbons (Fsp3) is 0.267. The molecule has 6 nitrogen and oxygen atoms in total. The van der Waals surface area contributed by atoms with Crippen molar-refractivity contribution in [1.82, 2.24) is 19.5 Å². The number of aryl methyl sites for hydroxylation is 1. The van der Waals surface area contributed by atoms with E-state index in [0.29, 0.717) is 0 Å². The zero-order chi connectivity index (χ0) is 19.4. The molecule has 0 unspecified atom stereocenters. The number of halogens is 4. The van der Waals surface area contributed by atoms with E-state index in [0.717, 1.165) is 0 Å². The highest BCUT2D eigenvalue weighted by Crippen LogP contribution is 2.42. The van der Waals surface area contributed by atoms with Gasteiger partial charge in [-0.25, -0.2) is 23.4 Å². The molecule has 11 heteroatoms. The first kappa shape index (κ1) is 19.6. The highest BCUT2D eigenvalue weighted by molar-refractivity contribution is 7.91. The molecular formula is C15H12Cl4N4O2S. The normalized spacial score (nSPS) is 12.3. The van der Waals surface area contributed by atoms with Crippen LogP contribution in [-0.2, 0) is 16.9 Å². The molecule has 2 heterocycles. The number of fused-ring (bicyclic) bond motifs is 1. The summed E-state index contributed by atoms with van der Waals surface area (Å²) < 4.78 is 27.6. The quantitative estimate of drug-likeness (QED) is 0.414. The lowest BCUT2D eigenvalue weighted by atomic mass is 10.1. The zero-order valence-electron chi connectivity index (χ0n) is 13.8. The van der Waals surface area contributed by atoms with Crippen LogP contribution in [0.1, 0.15) is 25.5 Å². The van der Waals surface area contributed by atoms with Crippen molar-refractivity contribution < 1.29 is 8.42 Å². The Balaban J connectivity index is 2.46. The van der Waals surface area contributed by atoms with Gasteiger partial charge in [-0.05, 0) is 5.92 Å². The number of benzene rings is 1. The number of rotatable bonds is 3. The Morgan fingerprint density at radius 3 is 1.96 bits per heavy atom. The number of imidazole rings is 1. The first-order valence-electron chi connectivity index (χ1n) is 7.33. The molecule has 3 aromatic rings. The predicted molar refractivity (Wildman–Crippen MR) is 102 cm³/mol. The van der Waals surface area contributed by atoms with Crippen LogP contribution in [0.15, 0.2) is 22.6 Å². The van der Waals surface area contributed by atoms with Gasteiger partial charge in [-0.3, -0.25) is 0 Å². The summed E-state index contributed by atoms with van der Waals surface area (Å²) in [7, 11) is -2.47. The third kappa shape index (κ3) is 2.96. The molecule has 26 heavy (non-hydrogen) atoms. The summed E-state index contributed by atoms with van der Waals surface area (Å²) in [5.74, 6) is -0.263. The van der Waals surface area contributed by atoms with E-state index in [1.165, 1.54) is 17.0 Å². The molecule has 0 N–H and O–H groups in total. The van der Waals surface area contributed by atoms with E-state index in [9.17, 15) is 8.42 Å². The summed E-state index contributed by atoms with van der Waals surface area (Å²) in [4.78, 5) is 12.6. The van der Waals surface area contributed by atoms with Crippen LogP contribution in [0.2, 0.25) is 20.1 Å². The van der Waals surface area contributed by atoms with E-state index in [1.54, 1.807) is 20.9 Å². The molecule has 0 aliphatic rings. The second kappa shape index (κ2) is 6.80. The number of sulfone groups is 1. The molecule has 0 aliphatic heterocycles. The van der Waals surface area contributed by atoms with E-state index in [4.69, 9.17) is 46.4 Å². The highest BCUT2D eigenvalue weighted by Gasteiger charge is 2.31. The van der Waals surface area contributed by atoms with Crippen LogP contribution in [0.5, 0.6) is 0 Å². The van der Waals surface area contributed by atoms with Gasteiger partial charge in [0.1, 0.15) is 11.0 Å². The minimum absolute atomic E-state index is 0.0160. The van der Waals surface area contributed by atoms with Gasteiger partial charge in [0.25, 0.3) is 9.84 Å². The number of nitrogens with zero attached hydrogens (tertiary/aromatic N) is 4. The van der Waals surface area contributed by atoms with Gasteiger partial charge in [-0.2, -0.15) is 0 Å². The van der Waals surface area contributed by atoms with Crippen molar-refractivity contribution >= 4 is 67.3 Å². The maximum atomic E-state index is 13.1. The third-order valence-electron chi connectivity index (χ3n) is 3.70. The van der Waals surface area contributed by atoms with Gasteiger partial charge in [0.15, 0.2) is 5.03 Å². The minimum atomic E-state index is -4.05. The van der Waals surface area contributed by atoms with Gasteiger partial charge in [0.05, 0.1) is 25.8 Å². The molecule has 3 rings (SSSR count). The third-order valence-corrected chi connectivity index (χ3v) is 7.17. The molecule has 0 aliphatic carbocycles. The van der Waals surface area contributed by atoms with E-state index in [2.05, 4.69) is 15.0 Å². The van der Waals surface area contributed by atoms with Gasteiger partial charge >= 0.3 is 0 Å². The molecule has 138 valence electrons. The summed E-state index contributed by atoms with van der Waals surface area (Å²) >= 11 is 24.6. The van der Waals surface area contributed by atoms with E-state index in [1.807, 2.05) is 0 Å². The fourth-order valence-corrected chi connectivity index (χ4v) is 4.91. The van der Waals surface area contributed by atoms with E-state index in [-0.39, 0.29) is 52.9 Å². The Kier molecular flexibility index (Phi) is 5.13. The van der Waals surface area contributed by atoms with Crippen LogP contribution in [0.4, 0.5) is 0 Å². The first-order chi connectivity index (χ1) is 12.1. The predicted octanol–water partition coefficient (Wildman–Crippen LogP) is 4.93. The standard InChI is InChI=1S/C15H12Cl4N4O2S/c1-6(2)11-14(26(24,25)15-20-4-5-23(15)3)22-13-10(19)8(17)7(16)9(18)12(13)21-11/h4-6H,1-3H3. The lowest BCUT2D eigenvalue weighted by Gasteiger charge is -2.15. The minimum Gasteiger partial charge on any atom is -0.325 e. The Labute approximate surface area is 170 Å². The smallest absolute Gasteiger partial charge is 0.259 e. The molecule has 0 fully saturated rings. The van der Waals surface area contributed by atoms with Gasteiger partial charge in [0.2, 0.25) is 5.16 Å². The van der Waals surface area contributed by atoms with Crippen molar-refractivity contribution in [2.45, 2.75) is 29.9 Å². The van der Waals surface area contributed by atoms with Crippen molar-refractivity contribution in [3.63, 3.8) is 0 Å². The summed E-state index contributed by atoms with van der Waals surface area (Å²) in [6.45, 7) is 3.58. The molecule has 2 aromatic heterocycles. The molecule has 1 aromatic carbocycles. The Morgan fingerprint density at radius 1 is 0.962 bits per heavy atom. The summed E-state index contributed by atoms with van der Waals surface area (Å²) in [6, 6.07) is 0. The summed E-state index contributed by atoms with van der Waals surface area (Å²) in [6.07, 6.45) is 2.91.